The molecule has 1 aliphatic heterocycles. The van der Waals surface area contributed by atoms with Crippen molar-refractivity contribution in [2.24, 2.45) is 7.05 Å². The number of nitrogens with zero attached hydrogens (tertiary/aromatic N) is 5. The number of aryl methyl sites for hydroxylation is 1. The topological polar surface area (TPSA) is 81.8 Å². The standard InChI is InChI=1S/C23H23N7O/c1-4-15-5-6-22(28-23(15)27-17-7-8-24-12-17)30-14-25-19-10-21(31-3)18(9-20(19)30)16-11-26-29(2)13-16/h1,5-6,9-11,13-14,17,24H,7-8,12H2,2-3H3,(H,27,28). The number of benzene rings is 1. The largest absolute Gasteiger partial charge is 0.496 e. The van der Waals surface area contributed by atoms with Crippen LogP contribution in [0.15, 0.2) is 43.0 Å². The molecule has 1 saturated heterocycles. The van der Waals surface area contributed by atoms with Gasteiger partial charge >= 0.3 is 0 Å². The van der Waals surface area contributed by atoms with Crippen LogP contribution in [0.3, 0.4) is 0 Å². The van der Waals surface area contributed by atoms with Gasteiger partial charge in [-0.05, 0) is 31.2 Å². The first kappa shape index (κ1) is 19.2. The summed E-state index contributed by atoms with van der Waals surface area (Å²) >= 11 is 0. The summed E-state index contributed by atoms with van der Waals surface area (Å²) in [6, 6.07) is 8.15. The average molecular weight is 413 g/mol. The summed E-state index contributed by atoms with van der Waals surface area (Å²) in [6.07, 6.45) is 12.3. The van der Waals surface area contributed by atoms with Crippen molar-refractivity contribution >= 4 is 16.9 Å². The maximum Gasteiger partial charge on any atom is 0.144 e. The Morgan fingerprint density at radius 2 is 2.23 bits per heavy atom. The molecule has 156 valence electrons. The number of nitrogens with one attached hydrogen (secondary N) is 2. The summed E-state index contributed by atoms with van der Waals surface area (Å²) in [5.41, 5.74) is 4.41. The molecule has 5 rings (SSSR count). The number of ether oxygens (including phenoxy) is 1. The predicted octanol–water partition coefficient (Wildman–Crippen LogP) is 2.58. The molecule has 1 aliphatic rings. The van der Waals surface area contributed by atoms with Crippen molar-refractivity contribution in [3.05, 3.63) is 48.5 Å². The second-order valence-corrected chi connectivity index (χ2v) is 7.60. The molecule has 3 aromatic heterocycles. The molecule has 0 amide bonds. The Balaban J connectivity index is 1.61. The summed E-state index contributed by atoms with van der Waals surface area (Å²) in [7, 11) is 3.55. The van der Waals surface area contributed by atoms with Crippen LogP contribution in [0.1, 0.15) is 12.0 Å². The molecule has 2 N–H and O–H groups in total. The van der Waals surface area contributed by atoms with Crippen LogP contribution in [0, 0.1) is 12.3 Å². The smallest absolute Gasteiger partial charge is 0.144 e. The molecule has 1 unspecified atom stereocenters. The van der Waals surface area contributed by atoms with E-state index in [0.717, 1.165) is 64.6 Å². The van der Waals surface area contributed by atoms with Crippen LogP contribution in [0.5, 0.6) is 5.75 Å². The first-order chi connectivity index (χ1) is 15.2. The number of aromatic nitrogens is 5. The van der Waals surface area contributed by atoms with Crippen LogP contribution in [-0.4, -0.2) is 50.6 Å². The van der Waals surface area contributed by atoms with Crippen molar-refractivity contribution in [3.63, 3.8) is 0 Å². The third kappa shape index (κ3) is 3.49. The molecule has 1 fully saturated rings. The van der Waals surface area contributed by atoms with E-state index in [1.165, 1.54) is 0 Å². The SMILES string of the molecule is C#Cc1ccc(-n2cnc3cc(OC)c(-c4cnn(C)c4)cc32)nc1NC1CCNC1. The van der Waals surface area contributed by atoms with Gasteiger partial charge in [-0.3, -0.25) is 9.25 Å². The summed E-state index contributed by atoms with van der Waals surface area (Å²) in [4.78, 5) is 9.41. The number of rotatable bonds is 5. The lowest BCUT2D eigenvalue weighted by atomic mass is 10.1. The second-order valence-electron chi connectivity index (χ2n) is 7.60. The first-order valence-electron chi connectivity index (χ1n) is 10.2. The zero-order chi connectivity index (χ0) is 21.4. The van der Waals surface area contributed by atoms with Crippen LogP contribution in [0.25, 0.3) is 28.0 Å². The van der Waals surface area contributed by atoms with Gasteiger partial charge in [0, 0.05) is 43.0 Å². The van der Waals surface area contributed by atoms with E-state index in [0.29, 0.717) is 6.04 Å². The zero-order valence-electron chi connectivity index (χ0n) is 17.5. The number of pyridine rings is 1. The number of anilines is 1. The van der Waals surface area contributed by atoms with Crippen LogP contribution in [0.2, 0.25) is 0 Å². The second kappa shape index (κ2) is 7.78. The Labute approximate surface area is 180 Å². The minimum absolute atomic E-state index is 0.316. The van der Waals surface area contributed by atoms with Crippen molar-refractivity contribution < 1.29 is 4.74 Å². The van der Waals surface area contributed by atoms with Gasteiger partial charge in [-0.2, -0.15) is 5.10 Å². The fourth-order valence-corrected chi connectivity index (χ4v) is 3.95. The van der Waals surface area contributed by atoms with E-state index in [2.05, 4.69) is 32.7 Å². The van der Waals surface area contributed by atoms with Crippen LogP contribution < -0.4 is 15.4 Å². The highest BCUT2D eigenvalue weighted by Gasteiger charge is 2.18. The molecule has 0 aliphatic carbocycles. The maximum atomic E-state index is 5.72. The van der Waals surface area contributed by atoms with E-state index >= 15 is 0 Å². The van der Waals surface area contributed by atoms with Crippen LogP contribution in [0.4, 0.5) is 5.82 Å². The number of fused-ring (bicyclic) bond motifs is 1. The highest BCUT2D eigenvalue weighted by Crippen LogP contribution is 2.34. The lowest BCUT2D eigenvalue weighted by Gasteiger charge is -2.15. The normalized spacial score (nSPS) is 15.8. The number of methoxy groups -OCH3 is 1. The quantitative estimate of drug-likeness (QED) is 0.490. The number of hydrogen-bond acceptors (Lipinski definition) is 6. The molecule has 4 aromatic rings. The third-order valence-corrected chi connectivity index (χ3v) is 5.57. The van der Waals surface area contributed by atoms with Gasteiger partial charge in [0.25, 0.3) is 0 Å². The van der Waals surface area contributed by atoms with E-state index in [9.17, 15) is 0 Å². The molecule has 8 nitrogen and oxygen atoms in total. The summed E-state index contributed by atoms with van der Waals surface area (Å²) in [5.74, 6) is 4.95. The molecule has 0 saturated carbocycles. The predicted molar refractivity (Wildman–Crippen MR) is 120 cm³/mol. The zero-order valence-corrected chi connectivity index (χ0v) is 17.5. The van der Waals surface area contributed by atoms with Crippen molar-refractivity contribution in [2.45, 2.75) is 12.5 Å². The Morgan fingerprint density at radius 3 is 2.94 bits per heavy atom. The Bertz CT molecular complexity index is 1290. The minimum atomic E-state index is 0.316. The Hall–Kier alpha value is -3.83. The van der Waals surface area contributed by atoms with Gasteiger partial charge in [-0.1, -0.05) is 5.92 Å². The molecule has 1 atom stereocenters. The van der Waals surface area contributed by atoms with Crippen molar-refractivity contribution in [2.75, 3.05) is 25.5 Å². The highest BCUT2D eigenvalue weighted by molar-refractivity contribution is 5.87. The first-order valence-corrected chi connectivity index (χ1v) is 10.2. The summed E-state index contributed by atoms with van der Waals surface area (Å²) in [6.45, 7) is 1.89. The summed E-state index contributed by atoms with van der Waals surface area (Å²) in [5, 5.41) is 11.1. The molecular formula is C23H23N7O. The fourth-order valence-electron chi connectivity index (χ4n) is 3.95. The van der Waals surface area contributed by atoms with Gasteiger partial charge in [0.05, 0.1) is 29.9 Å². The average Bonchev–Trinajstić information content (AvgIpc) is 3.53. The van der Waals surface area contributed by atoms with Gasteiger partial charge in [0.15, 0.2) is 0 Å². The molecule has 0 bridgehead atoms. The number of hydrogen-bond donors (Lipinski definition) is 2. The van der Waals surface area contributed by atoms with E-state index < -0.39 is 0 Å². The van der Waals surface area contributed by atoms with Gasteiger partial charge < -0.3 is 15.4 Å². The van der Waals surface area contributed by atoms with Gasteiger partial charge in [-0.15, -0.1) is 6.42 Å². The van der Waals surface area contributed by atoms with E-state index in [1.807, 2.05) is 42.2 Å². The third-order valence-electron chi connectivity index (χ3n) is 5.57. The molecule has 8 heteroatoms. The lowest BCUT2D eigenvalue weighted by Crippen LogP contribution is -2.23. The molecule has 0 radical (unpaired) electrons. The van der Waals surface area contributed by atoms with Gasteiger partial charge in [0.1, 0.15) is 23.7 Å². The Morgan fingerprint density at radius 1 is 1.32 bits per heavy atom. The monoisotopic (exact) mass is 413 g/mol. The highest BCUT2D eigenvalue weighted by atomic mass is 16.5. The number of imidazole rings is 1. The molecule has 1 aromatic carbocycles. The van der Waals surface area contributed by atoms with E-state index in [1.54, 1.807) is 18.1 Å². The molecule has 0 spiro atoms. The fraction of sp³-hybridized carbons (Fsp3) is 0.261. The molecule has 31 heavy (non-hydrogen) atoms. The maximum absolute atomic E-state index is 5.72. The van der Waals surface area contributed by atoms with Crippen molar-refractivity contribution in [1.29, 1.82) is 0 Å². The molecular weight excluding hydrogens is 390 g/mol. The number of terminal acetylenes is 1. The lowest BCUT2D eigenvalue weighted by molar-refractivity contribution is 0.417. The van der Waals surface area contributed by atoms with Crippen molar-refractivity contribution in [3.8, 4) is 35.0 Å². The van der Waals surface area contributed by atoms with Crippen LogP contribution in [-0.2, 0) is 7.05 Å². The van der Waals surface area contributed by atoms with Gasteiger partial charge in [-0.25, -0.2) is 9.97 Å². The Kier molecular flexibility index (Phi) is 4.81. The van der Waals surface area contributed by atoms with Crippen molar-refractivity contribution in [1.82, 2.24) is 29.6 Å². The minimum Gasteiger partial charge on any atom is -0.496 e. The van der Waals surface area contributed by atoms with E-state index in [-0.39, 0.29) is 0 Å². The summed E-state index contributed by atoms with van der Waals surface area (Å²) < 4.78 is 9.35. The molecule has 4 heterocycles. The van der Waals surface area contributed by atoms with E-state index in [4.69, 9.17) is 16.1 Å². The van der Waals surface area contributed by atoms with Gasteiger partial charge in [0.2, 0.25) is 0 Å². The van der Waals surface area contributed by atoms with Crippen LogP contribution >= 0.6 is 0 Å².